The van der Waals surface area contributed by atoms with Crippen molar-refractivity contribution in [3.63, 3.8) is 0 Å². The van der Waals surface area contributed by atoms with E-state index in [0.29, 0.717) is 6.61 Å². The summed E-state index contributed by atoms with van der Waals surface area (Å²) in [5.41, 5.74) is 0. The van der Waals surface area contributed by atoms with Gasteiger partial charge in [-0.25, -0.2) is 0 Å². The third-order valence-electron chi connectivity index (χ3n) is 2.09. The molecule has 0 saturated heterocycles. The molecule has 0 aliphatic carbocycles. The van der Waals surface area contributed by atoms with Gasteiger partial charge in [0.1, 0.15) is 6.10 Å². The van der Waals surface area contributed by atoms with Crippen LogP contribution in [0.15, 0.2) is 0 Å². The normalized spacial score (nSPS) is 12.6. The standard InChI is InChI=1S/C11H24O3.Na/c1-10(2)6-4-3-5-7-14-9-11(13)8-12;/h10-13H,3-9H2,1-2H3;. The molecule has 15 heavy (non-hydrogen) atoms. The van der Waals surface area contributed by atoms with Crippen molar-refractivity contribution in [1.82, 2.24) is 0 Å². The van der Waals surface area contributed by atoms with Crippen molar-refractivity contribution in [2.45, 2.75) is 45.6 Å². The summed E-state index contributed by atoms with van der Waals surface area (Å²) >= 11 is 0. The first-order chi connectivity index (χ1) is 6.66. The number of rotatable bonds is 9. The Hall–Kier alpha value is 0.880. The van der Waals surface area contributed by atoms with Crippen LogP contribution in [0.3, 0.4) is 0 Å². The van der Waals surface area contributed by atoms with E-state index in [0.717, 1.165) is 12.3 Å². The minimum absolute atomic E-state index is 0. The van der Waals surface area contributed by atoms with Crippen LogP contribution in [-0.2, 0) is 4.74 Å². The Balaban J connectivity index is 0. The van der Waals surface area contributed by atoms with Gasteiger partial charge < -0.3 is 14.9 Å². The van der Waals surface area contributed by atoms with Gasteiger partial charge in [-0.2, -0.15) is 0 Å². The van der Waals surface area contributed by atoms with Gasteiger partial charge in [0, 0.05) is 36.2 Å². The Kier molecular flexibility index (Phi) is 15.8. The van der Waals surface area contributed by atoms with Crippen molar-refractivity contribution < 1.29 is 14.9 Å². The number of unbranched alkanes of at least 4 members (excludes halogenated alkanes) is 2. The molecular formula is C11H24NaO3. The molecule has 0 aromatic heterocycles. The van der Waals surface area contributed by atoms with Crippen LogP contribution >= 0.6 is 0 Å². The maximum Gasteiger partial charge on any atom is 0.100 e. The Morgan fingerprint density at radius 2 is 1.80 bits per heavy atom. The summed E-state index contributed by atoms with van der Waals surface area (Å²) in [6.07, 6.45) is 4.05. The van der Waals surface area contributed by atoms with Crippen molar-refractivity contribution in [2.24, 2.45) is 5.92 Å². The molecule has 0 aromatic rings. The molecule has 1 unspecified atom stereocenters. The number of hydrogen-bond acceptors (Lipinski definition) is 3. The van der Waals surface area contributed by atoms with Gasteiger partial charge >= 0.3 is 0 Å². The molecule has 0 aliphatic rings. The Bertz CT molecular complexity index is 120. The molecule has 2 N–H and O–H groups in total. The summed E-state index contributed by atoms with van der Waals surface area (Å²) in [5, 5.41) is 17.5. The average Bonchev–Trinajstić information content (AvgIpc) is 2.15. The molecule has 0 amide bonds. The van der Waals surface area contributed by atoms with Crippen molar-refractivity contribution in [3.8, 4) is 0 Å². The monoisotopic (exact) mass is 227 g/mol. The number of hydrogen-bond donors (Lipinski definition) is 2. The largest absolute Gasteiger partial charge is 0.394 e. The zero-order valence-electron chi connectivity index (χ0n) is 10.4. The van der Waals surface area contributed by atoms with Crippen LogP contribution in [-0.4, -0.2) is 65.7 Å². The molecule has 0 aliphatic heterocycles. The van der Waals surface area contributed by atoms with Crippen molar-refractivity contribution in [1.29, 1.82) is 0 Å². The Morgan fingerprint density at radius 3 is 2.33 bits per heavy atom. The number of aliphatic hydroxyl groups is 2. The Morgan fingerprint density at radius 1 is 1.13 bits per heavy atom. The van der Waals surface area contributed by atoms with Crippen LogP contribution in [0, 0.1) is 5.92 Å². The van der Waals surface area contributed by atoms with Gasteiger partial charge in [-0.05, 0) is 12.3 Å². The third kappa shape index (κ3) is 14.9. The van der Waals surface area contributed by atoms with E-state index in [1.54, 1.807) is 0 Å². The molecule has 87 valence electrons. The molecule has 3 nitrogen and oxygen atoms in total. The summed E-state index contributed by atoms with van der Waals surface area (Å²) in [6, 6.07) is 0. The van der Waals surface area contributed by atoms with Crippen LogP contribution in [0.2, 0.25) is 0 Å². The molecule has 0 heterocycles. The maximum absolute atomic E-state index is 8.96. The first-order valence-corrected chi connectivity index (χ1v) is 5.53. The number of aliphatic hydroxyl groups excluding tert-OH is 2. The van der Waals surface area contributed by atoms with Crippen LogP contribution in [0.4, 0.5) is 0 Å². The van der Waals surface area contributed by atoms with Gasteiger partial charge in [-0.15, -0.1) is 0 Å². The van der Waals surface area contributed by atoms with Gasteiger partial charge in [-0.1, -0.05) is 33.1 Å². The van der Waals surface area contributed by atoms with Gasteiger partial charge in [0.25, 0.3) is 0 Å². The summed E-state index contributed by atoms with van der Waals surface area (Å²) in [6.45, 7) is 5.19. The molecular weight excluding hydrogens is 203 g/mol. The van der Waals surface area contributed by atoms with Crippen LogP contribution in [0.1, 0.15) is 39.5 Å². The maximum atomic E-state index is 8.96. The van der Waals surface area contributed by atoms with E-state index < -0.39 is 6.10 Å². The third-order valence-corrected chi connectivity index (χ3v) is 2.09. The second kappa shape index (κ2) is 12.9. The van der Waals surface area contributed by atoms with Gasteiger partial charge in [0.05, 0.1) is 13.2 Å². The quantitative estimate of drug-likeness (QED) is 0.459. The van der Waals surface area contributed by atoms with Gasteiger partial charge in [0.15, 0.2) is 0 Å². The smallest absolute Gasteiger partial charge is 0.100 e. The van der Waals surface area contributed by atoms with E-state index in [-0.39, 0.29) is 42.8 Å². The predicted octanol–water partition coefficient (Wildman–Crippen LogP) is 1.19. The van der Waals surface area contributed by atoms with Crippen LogP contribution in [0.25, 0.3) is 0 Å². The van der Waals surface area contributed by atoms with E-state index in [2.05, 4.69) is 13.8 Å². The van der Waals surface area contributed by atoms with E-state index in [9.17, 15) is 0 Å². The van der Waals surface area contributed by atoms with Crippen LogP contribution < -0.4 is 0 Å². The fraction of sp³-hybridized carbons (Fsp3) is 1.00. The van der Waals surface area contributed by atoms with Gasteiger partial charge in [0.2, 0.25) is 0 Å². The minimum atomic E-state index is -0.717. The Labute approximate surface area is 116 Å². The molecule has 0 saturated carbocycles. The van der Waals surface area contributed by atoms with Crippen molar-refractivity contribution in [3.05, 3.63) is 0 Å². The van der Waals surface area contributed by atoms with Gasteiger partial charge in [-0.3, -0.25) is 0 Å². The SMILES string of the molecule is CC(C)CCCCCOCC(O)CO.[Na]. The first-order valence-electron chi connectivity index (χ1n) is 5.53. The fourth-order valence-electron chi connectivity index (χ4n) is 1.21. The minimum Gasteiger partial charge on any atom is -0.394 e. The summed E-state index contributed by atoms with van der Waals surface area (Å²) in [5.74, 6) is 0.784. The van der Waals surface area contributed by atoms with Crippen molar-refractivity contribution in [2.75, 3.05) is 19.8 Å². The molecule has 0 aromatic carbocycles. The molecule has 0 spiro atoms. The van der Waals surface area contributed by atoms with E-state index in [4.69, 9.17) is 14.9 Å². The summed E-state index contributed by atoms with van der Waals surface area (Å²) in [4.78, 5) is 0. The number of ether oxygens (including phenoxy) is 1. The van der Waals surface area contributed by atoms with E-state index in [1.165, 1.54) is 19.3 Å². The van der Waals surface area contributed by atoms with Crippen molar-refractivity contribution >= 4 is 29.6 Å². The topological polar surface area (TPSA) is 49.7 Å². The second-order valence-corrected chi connectivity index (χ2v) is 4.15. The molecule has 1 radical (unpaired) electrons. The molecule has 0 fully saturated rings. The zero-order valence-corrected chi connectivity index (χ0v) is 12.4. The molecule has 0 bridgehead atoms. The summed E-state index contributed by atoms with van der Waals surface area (Å²) < 4.78 is 5.18. The average molecular weight is 227 g/mol. The van der Waals surface area contributed by atoms with Crippen LogP contribution in [0.5, 0.6) is 0 Å². The van der Waals surface area contributed by atoms with E-state index >= 15 is 0 Å². The fourth-order valence-corrected chi connectivity index (χ4v) is 1.21. The molecule has 0 rings (SSSR count). The molecule has 4 heteroatoms. The molecule has 1 atom stereocenters. The second-order valence-electron chi connectivity index (χ2n) is 4.15. The summed E-state index contributed by atoms with van der Waals surface area (Å²) in [7, 11) is 0. The van der Waals surface area contributed by atoms with E-state index in [1.807, 2.05) is 0 Å². The zero-order chi connectivity index (χ0) is 10.8. The predicted molar refractivity (Wildman–Crippen MR) is 63.0 cm³/mol. The first kappa shape index (κ1) is 18.3.